The van der Waals surface area contributed by atoms with Gasteiger partial charge in [0, 0.05) is 29.8 Å². The molecule has 1 aromatic heterocycles. The number of rotatable bonds is 6. The second-order valence-corrected chi connectivity index (χ2v) is 4.49. The first-order valence-corrected chi connectivity index (χ1v) is 6.04. The summed E-state index contributed by atoms with van der Waals surface area (Å²) in [6.07, 6.45) is 4.24. The van der Waals surface area contributed by atoms with Gasteiger partial charge in [-0.1, -0.05) is 0 Å². The fraction of sp³-hybridized carbons (Fsp3) is 0.267. The first-order chi connectivity index (χ1) is 9.22. The molecule has 0 saturated carbocycles. The normalized spacial score (nSPS) is 10.7. The molecule has 100 valence electrons. The molecule has 2 aromatic rings. The third-order valence-corrected chi connectivity index (χ3v) is 2.91. The van der Waals surface area contributed by atoms with Gasteiger partial charge < -0.3 is 9.15 Å². The highest BCUT2D eigenvalue weighted by Gasteiger charge is 2.08. The molecule has 0 aliphatic carbocycles. The fourth-order valence-electron chi connectivity index (χ4n) is 2.04. The van der Waals surface area contributed by atoms with E-state index in [4.69, 9.17) is 9.15 Å². The van der Waals surface area contributed by atoms with Gasteiger partial charge in [0.15, 0.2) is 0 Å². The van der Waals surface area contributed by atoms with Crippen LogP contribution in [-0.2, 0) is 13.1 Å². The molecular formula is C15H17NO3. The van der Waals surface area contributed by atoms with Crippen LogP contribution >= 0.6 is 0 Å². The van der Waals surface area contributed by atoms with E-state index >= 15 is 0 Å². The summed E-state index contributed by atoms with van der Waals surface area (Å²) in [7, 11) is 3.65. The van der Waals surface area contributed by atoms with Crippen molar-refractivity contribution in [1.82, 2.24) is 4.90 Å². The minimum absolute atomic E-state index is 0.660. The summed E-state index contributed by atoms with van der Waals surface area (Å²) < 4.78 is 10.4. The average molecular weight is 259 g/mol. The van der Waals surface area contributed by atoms with Crippen LogP contribution in [0.2, 0.25) is 0 Å². The zero-order valence-corrected chi connectivity index (χ0v) is 11.1. The van der Waals surface area contributed by atoms with Gasteiger partial charge >= 0.3 is 0 Å². The Balaban J connectivity index is 2.10. The van der Waals surface area contributed by atoms with E-state index in [2.05, 4.69) is 4.90 Å². The summed E-state index contributed by atoms with van der Waals surface area (Å²) in [6, 6.07) is 7.38. The molecule has 1 heterocycles. The van der Waals surface area contributed by atoms with E-state index in [1.165, 1.54) is 0 Å². The number of hydrogen-bond acceptors (Lipinski definition) is 4. The molecule has 0 bridgehead atoms. The van der Waals surface area contributed by atoms with Crippen LogP contribution in [0.3, 0.4) is 0 Å². The Labute approximate surface area is 112 Å². The largest absolute Gasteiger partial charge is 0.496 e. The van der Waals surface area contributed by atoms with E-state index in [0.717, 1.165) is 29.7 Å². The molecule has 19 heavy (non-hydrogen) atoms. The number of carbonyl (C=O) groups excluding carboxylic acids is 1. The minimum Gasteiger partial charge on any atom is -0.496 e. The Hall–Kier alpha value is -2.07. The van der Waals surface area contributed by atoms with Crippen molar-refractivity contribution in [3.05, 3.63) is 53.5 Å². The summed E-state index contributed by atoms with van der Waals surface area (Å²) >= 11 is 0. The fourth-order valence-corrected chi connectivity index (χ4v) is 2.04. The molecule has 1 aromatic carbocycles. The lowest BCUT2D eigenvalue weighted by atomic mass is 10.1. The molecule has 0 fully saturated rings. The number of ether oxygens (including phenoxy) is 1. The van der Waals surface area contributed by atoms with Crippen molar-refractivity contribution in [2.24, 2.45) is 0 Å². The lowest BCUT2D eigenvalue weighted by molar-refractivity contribution is 0.112. The lowest BCUT2D eigenvalue weighted by Gasteiger charge is -2.18. The Kier molecular flexibility index (Phi) is 4.36. The molecule has 0 unspecified atom stereocenters. The molecular weight excluding hydrogens is 242 g/mol. The van der Waals surface area contributed by atoms with Crippen molar-refractivity contribution in [2.45, 2.75) is 13.1 Å². The number of benzene rings is 1. The quantitative estimate of drug-likeness (QED) is 0.748. The number of carbonyl (C=O) groups is 1. The predicted molar refractivity (Wildman–Crippen MR) is 72.3 cm³/mol. The molecule has 4 heteroatoms. The maximum absolute atomic E-state index is 10.8. The number of aldehydes is 1. The van der Waals surface area contributed by atoms with Gasteiger partial charge in [0.05, 0.1) is 19.6 Å². The molecule has 0 atom stereocenters. The van der Waals surface area contributed by atoms with E-state index < -0.39 is 0 Å². The van der Waals surface area contributed by atoms with Gasteiger partial charge in [-0.25, -0.2) is 0 Å². The topological polar surface area (TPSA) is 42.7 Å². The highest BCUT2D eigenvalue weighted by Crippen LogP contribution is 2.21. The van der Waals surface area contributed by atoms with Crippen LogP contribution in [0.15, 0.2) is 41.2 Å². The number of nitrogens with zero attached hydrogens (tertiary/aromatic N) is 1. The van der Waals surface area contributed by atoms with Gasteiger partial charge in [0.25, 0.3) is 0 Å². The number of hydrogen-bond donors (Lipinski definition) is 0. The molecule has 0 aliphatic rings. The van der Waals surface area contributed by atoms with Gasteiger partial charge in [-0.3, -0.25) is 9.69 Å². The highest BCUT2D eigenvalue weighted by atomic mass is 16.5. The lowest BCUT2D eigenvalue weighted by Crippen LogP contribution is -2.17. The Morgan fingerprint density at radius 2 is 2.16 bits per heavy atom. The highest BCUT2D eigenvalue weighted by molar-refractivity contribution is 5.75. The van der Waals surface area contributed by atoms with Crippen LogP contribution in [0.5, 0.6) is 5.75 Å². The molecule has 2 rings (SSSR count). The minimum atomic E-state index is 0.660. The first-order valence-electron chi connectivity index (χ1n) is 6.04. The Morgan fingerprint density at radius 1 is 1.32 bits per heavy atom. The zero-order valence-electron chi connectivity index (χ0n) is 11.1. The maximum atomic E-state index is 10.8. The van der Waals surface area contributed by atoms with Crippen LogP contribution in [0.25, 0.3) is 0 Å². The van der Waals surface area contributed by atoms with Crippen molar-refractivity contribution < 1.29 is 13.9 Å². The SMILES string of the molecule is COc1ccc(C=O)cc1CN(C)Cc1ccoc1. The third-order valence-electron chi connectivity index (χ3n) is 2.91. The first kappa shape index (κ1) is 13.4. The van der Waals surface area contributed by atoms with E-state index in [-0.39, 0.29) is 0 Å². The van der Waals surface area contributed by atoms with E-state index in [9.17, 15) is 4.79 Å². The molecule has 0 aliphatic heterocycles. The van der Waals surface area contributed by atoms with E-state index in [1.54, 1.807) is 25.7 Å². The van der Waals surface area contributed by atoms with Crippen molar-refractivity contribution in [3.63, 3.8) is 0 Å². The summed E-state index contributed by atoms with van der Waals surface area (Å²) in [5.74, 6) is 0.796. The second kappa shape index (κ2) is 6.20. The van der Waals surface area contributed by atoms with Gasteiger partial charge in [0.2, 0.25) is 0 Å². The zero-order chi connectivity index (χ0) is 13.7. The smallest absolute Gasteiger partial charge is 0.150 e. The van der Waals surface area contributed by atoms with E-state index in [1.807, 2.05) is 25.2 Å². The Morgan fingerprint density at radius 3 is 2.79 bits per heavy atom. The monoisotopic (exact) mass is 259 g/mol. The van der Waals surface area contributed by atoms with Crippen molar-refractivity contribution >= 4 is 6.29 Å². The van der Waals surface area contributed by atoms with Crippen LogP contribution in [0.4, 0.5) is 0 Å². The van der Waals surface area contributed by atoms with Crippen LogP contribution in [0.1, 0.15) is 21.5 Å². The van der Waals surface area contributed by atoms with E-state index in [0.29, 0.717) is 12.1 Å². The third kappa shape index (κ3) is 3.45. The van der Waals surface area contributed by atoms with Crippen molar-refractivity contribution in [3.8, 4) is 5.75 Å². The summed E-state index contributed by atoms with van der Waals surface area (Å²) in [5.41, 5.74) is 2.78. The molecule has 0 spiro atoms. The molecule has 0 radical (unpaired) electrons. The van der Waals surface area contributed by atoms with Gasteiger partial charge in [-0.15, -0.1) is 0 Å². The van der Waals surface area contributed by atoms with Gasteiger partial charge in [-0.2, -0.15) is 0 Å². The molecule has 0 saturated heterocycles. The van der Waals surface area contributed by atoms with Crippen LogP contribution in [0, 0.1) is 0 Å². The number of methoxy groups -OCH3 is 1. The summed E-state index contributed by atoms with van der Waals surface area (Å²) in [6.45, 7) is 1.49. The van der Waals surface area contributed by atoms with Crippen LogP contribution < -0.4 is 4.74 Å². The maximum Gasteiger partial charge on any atom is 0.150 e. The Bertz CT molecular complexity index is 534. The van der Waals surface area contributed by atoms with Crippen LogP contribution in [-0.4, -0.2) is 25.3 Å². The number of furan rings is 1. The molecule has 0 N–H and O–H groups in total. The standard InChI is InChI=1S/C15H17NO3/c1-16(8-13-5-6-19-11-13)9-14-7-12(10-17)3-4-15(14)18-2/h3-7,10-11H,8-9H2,1-2H3. The van der Waals surface area contributed by atoms with Gasteiger partial charge in [0.1, 0.15) is 12.0 Å². The second-order valence-electron chi connectivity index (χ2n) is 4.49. The predicted octanol–water partition coefficient (Wildman–Crippen LogP) is 2.73. The summed E-state index contributed by atoms with van der Waals surface area (Å²) in [4.78, 5) is 13.0. The molecule has 0 amide bonds. The van der Waals surface area contributed by atoms with Crippen molar-refractivity contribution in [1.29, 1.82) is 0 Å². The molecule has 4 nitrogen and oxygen atoms in total. The average Bonchev–Trinajstić information content (AvgIpc) is 2.91. The van der Waals surface area contributed by atoms with Gasteiger partial charge in [-0.05, 0) is 31.3 Å². The summed E-state index contributed by atoms with van der Waals surface area (Å²) in [5, 5.41) is 0. The van der Waals surface area contributed by atoms with Crippen molar-refractivity contribution in [2.75, 3.05) is 14.2 Å².